The van der Waals surface area contributed by atoms with Crippen molar-refractivity contribution in [3.63, 3.8) is 0 Å². The second kappa shape index (κ2) is 22.2. The fourth-order valence-corrected chi connectivity index (χ4v) is 18.2. The molecule has 4 nitrogen and oxygen atoms in total. The molecule has 0 spiro atoms. The Morgan fingerprint density at radius 2 is 0.634 bits per heavy atom. The minimum Gasteiger partial charge on any atom is -0.311 e. The van der Waals surface area contributed by atoms with E-state index in [0.717, 1.165) is 28.3 Å². The van der Waals surface area contributed by atoms with Crippen molar-refractivity contribution in [3.8, 4) is 44.8 Å². The predicted octanol–water partition coefficient (Wildman–Crippen LogP) is 24.3. The zero-order valence-corrected chi connectivity index (χ0v) is 61.4. The summed E-state index contributed by atoms with van der Waals surface area (Å²) in [5, 5.41) is 5.06. The van der Waals surface area contributed by atoms with Crippen molar-refractivity contribution in [2.75, 3.05) is 9.80 Å². The van der Waals surface area contributed by atoms with E-state index in [-0.39, 0.29) is 39.2 Å². The van der Waals surface area contributed by atoms with Gasteiger partial charge in [-0.05, 0) is 238 Å². The Morgan fingerprint density at radius 1 is 0.277 bits per heavy atom. The highest BCUT2D eigenvalue weighted by Crippen LogP contribution is 2.52. The van der Waals surface area contributed by atoms with E-state index in [1.165, 1.54) is 170 Å². The van der Waals surface area contributed by atoms with Crippen LogP contribution in [0.3, 0.4) is 0 Å². The van der Waals surface area contributed by atoms with E-state index in [1.54, 1.807) is 0 Å². The third kappa shape index (κ3) is 9.98. The van der Waals surface area contributed by atoms with Crippen LogP contribution in [0.1, 0.15) is 156 Å². The van der Waals surface area contributed by atoms with Crippen LogP contribution in [-0.2, 0) is 32.5 Å². The Kier molecular flexibility index (Phi) is 13.9. The molecule has 4 aliphatic rings. The third-order valence-electron chi connectivity index (χ3n) is 24.4. The number of para-hydroxylation sites is 2. The molecule has 2 aliphatic carbocycles. The van der Waals surface area contributed by atoms with E-state index in [9.17, 15) is 0 Å². The number of hydrogen-bond acceptors (Lipinski definition) is 2. The molecule has 0 radical (unpaired) electrons. The zero-order valence-electron chi connectivity index (χ0n) is 61.4. The number of hydrogen-bond donors (Lipinski definition) is 0. The van der Waals surface area contributed by atoms with Gasteiger partial charge in [-0.1, -0.05) is 249 Å². The number of fused-ring (bicyclic) bond motifs is 12. The van der Waals surface area contributed by atoms with Gasteiger partial charge in [0.2, 0.25) is 0 Å². The second-order valence-electron chi connectivity index (χ2n) is 34.7. The van der Waals surface area contributed by atoms with E-state index < -0.39 is 0 Å². The van der Waals surface area contributed by atoms with Crippen molar-refractivity contribution in [1.82, 2.24) is 9.13 Å². The Hall–Kier alpha value is -10.1. The van der Waals surface area contributed by atoms with E-state index in [4.69, 9.17) is 0 Å². The summed E-state index contributed by atoms with van der Waals surface area (Å²) < 4.78 is 5.04. The van der Waals surface area contributed by atoms with Gasteiger partial charge in [-0.2, -0.15) is 0 Å². The molecule has 14 aromatic rings. The normalized spacial score (nSPS) is 16.3. The molecule has 0 fully saturated rings. The largest absolute Gasteiger partial charge is 0.311 e. The first-order valence-corrected chi connectivity index (χ1v) is 37.0. The molecule has 101 heavy (non-hydrogen) atoms. The van der Waals surface area contributed by atoms with Gasteiger partial charge in [0.15, 0.2) is 0 Å². The maximum absolute atomic E-state index is 2.62. The van der Waals surface area contributed by atoms with Gasteiger partial charge in [0.25, 0.3) is 6.71 Å². The molecule has 0 saturated carbocycles. The molecular formula is C96H91BN4. The van der Waals surface area contributed by atoms with Gasteiger partial charge in [0.05, 0.1) is 22.1 Å². The lowest BCUT2D eigenvalue weighted by molar-refractivity contribution is 0.332. The molecule has 5 heteroatoms. The Bertz CT molecular complexity index is 5410. The molecule has 0 saturated heterocycles. The number of aromatic nitrogens is 2. The average molecular weight is 1310 g/mol. The quantitative estimate of drug-likeness (QED) is 0.148. The lowest BCUT2D eigenvalue weighted by Crippen LogP contribution is -2.61. The van der Waals surface area contributed by atoms with Crippen LogP contribution in [0.2, 0.25) is 0 Å². The molecule has 0 amide bonds. The summed E-state index contributed by atoms with van der Waals surface area (Å²) >= 11 is 0. The van der Waals surface area contributed by atoms with Crippen LogP contribution >= 0.6 is 0 Å². The van der Waals surface area contributed by atoms with Crippen LogP contribution in [0.5, 0.6) is 0 Å². The monoisotopic (exact) mass is 1310 g/mol. The average Bonchev–Trinajstić information content (AvgIpc) is 1.22. The van der Waals surface area contributed by atoms with Gasteiger partial charge < -0.3 is 18.9 Å². The molecule has 12 aromatic carbocycles. The SMILES string of the molecule is CC(C)(C)c1ccc2c(c1)c1ccccc1n2-c1ccc2c(c1)N(c1ccc(-c3ccc4c(c3)C(C)(C)CCC4(C)C)cc1)c1cc(-c3ccccc3)cc3c1B2c1ccc(-n2c4ccccc4c4cc(C(C)(C)C)ccc42)cc1N3c1ccc(-c2ccc3c(c2)C(C)(C)CCC3(C)C)cc1. The number of benzene rings is 12. The lowest BCUT2D eigenvalue weighted by Gasteiger charge is -2.44. The maximum atomic E-state index is 2.62. The van der Waals surface area contributed by atoms with Crippen molar-refractivity contribution in [3.05, 3.63) is 282 Å². The van der Waals surface area contributed by atoms with Gasteiger partial charge in [-0.15, -0.1) is 0 Å². The molecule has 0 bridgehead atoms. The Balaban J connectivity index is 0.896. The second-order valence-corrected chi connectivity index (χ2v) is 34.7. The highest BCUT2D eigenvalue weighted by Gasteiger charge is 2.45. The third-order valence-corrected chi connectivity index (χ3v) is 24.4. The number of anilines is 6. The summed E-state index contributed by atoms with van der Waals surface area (Å²) in [6.45, 7) is 33.2. The molecular weight excluding hydrogens is 1220 g/mol. The molecule has 18 rings (SSSR count). The van der Waals surface area contributed by atoms with Crippen LogP contribution in [0, 0.1) is 0 Å². The molecule has 2 aliphatic heterocycles. The van der Waals surface area contributed by atoms with Gasteiger partial charge in [-0.3, -0.25) is 0 Å². The summed E-state index contributed by atoms with van der Waals surface area (Å²) in [6, 6.07) is 97.1. The molecule has 4 heterocycles. The molecule has 0 unspecified atom stereocenters. The van der Waals surface area contributed by atoms with Gasteiger partial charge in [0.1, 0.15) is 0 Å². The molecule has 0 atom stereocenters. The van der Waals surface area contributed by atoms with Crippen LogP contribution in [-0.4, -0.2) is 15.8 Å². The Labute approximate surface area is 598 Å². The fraction of sp³-hybridized carbons (Fsp3) is 0.250. The van der Waals surface area contributed by atoms with Crippen molar-refractivity contribution >= 4 is 101 Å². The van der Waals surface area contributed by atoms with Crippen molar-refractivity contribution in [2.45, 2.75) is 155 Å². The topological polar surface area (TPSA) is 16.3 Å². The highest BCUT2D eigenvalue weighted by atomic mass is 15.2. The number of nitrogens with zero attached hydrogens (tertiary/aromatic N) is 4. The van der Waals surface area contributed by atoms with E-state index >= 15 is 0 Å². The van der Waals surface area contributed by atoms with Crippen molar-refractivity contribution < 1.29 is 0 Å². The summed E-state index contributed by atoms with van der Waals surface area (Å²) in [4.78, 5) is 5.25. The Morgan fingerprint density at radius 3 is 1.05 bits per heavy atom. The first-order valence-electron chi connectivity index (χ1n) is 37.0. The smallest absolute Gasteiger partial charge is 0.252 e. The van der Waals surface area contributed by atoms with Crippen LogP contribution in [0.25, 0.3) is 88.4 Å². The van der Waals surface area contributed by atoms with E-state index in [0.29, 0.717) is 0 Å². The molecule has 0 N–H and O–H groups in total. The van der Waals surface area contributed by atoms with Crippen molar-refractivity contribution in [1.29, 1.82) is 0 Å². The van der Waals surface area contributed by atoms with Crippen molar-refractivity contribution in [2.24, 2.45) is 0 Å². The zero-order chi connectivity index (χ0) is 69.6. The summed E-state index contributed by atoms with van der Waals surface area (Å²) in [6.07, 6.45) is 4.73. The minimum absolute atomic E-state index is 0.00949. The predicted molar refractivity (Wildman–Crippen MR) is 433 cm³/mol. The van der Waals surface area contributed by atoms with Crippen LogP contribution in [0.4, 0.5) is 34.1 Å². The van der Waals surface area contributed by atoms with Crippen LogP contribution < -0.4 is 26.2 Å². The minimum atomic E-state index is -0.143. The highest BCUT2D eigenvalue weighted by molar-refractivity contribution is 7.00. The number of rotatable bonds is 7. The fourth-order valence-electron chi connectivity index (χ4n) is 18.2. The summed E-state index contributed by atoms with van der Waals surface area (Å²) in [5.74, 6) is 0. The standard InChI is InChI=1S/C96H91BN4/c1-91(2,3)66-34-46-84-74(56-66)72-24-18-20-26-82(72)100(84)70-40-44-80-86(58-70)98(68-36-28-61(29-37-68)63-32-42-76-78(52-63)95(11,12)50-48-93(76,7)8)88-54-65(60-22-16-15-17-23-60)55-89-90(88)97(80)81-45-41-71(101-83-27-21-19-25-73(83)75-57-67(92(4,5)6)35-47-85(75)101)59-87(81)99(89)69-38-30-62(31-39-69)64-33-43-77-79(53-64)96(13,14)51-49-94(77,9)10/h15-47,52-59H,48-51H2,1-14H3. The first-order chi connectivity index (χ1) is 48.3. The lowest BCUT2D eigenvalue weighted by atomic mass is 9.33. The summed E-state index contributed by atoms with van der Waals surface area (Å²) in [7, 11) is 0. The van der Waals surface area contributed by atoms with Gasteiger partial charge in [0, 0.05) is 67.0 Å². The maximum Gasteiger partial charge on any atom is 0.252 e. The molecule has 498 valence electrons. The molecule has 2 aromatic heterocycles. The first kappa shape index (κ1) is 63.1. The van der Waals surface area contributed by atoms with Gasteiger partial charge in [-0.25, -0.2) is 0 Å². The summed E-state index contributed by atoms with van der Waals surface area (Å²) in [5.41, 5.74) is 34.1. The van der Waals surface area contributed by atoms with Crippen LogP contribution in [0.15, 0.2) is 249 Å². The van der Waals surface area contributed by atoms with Gasteiger partial charge >= 0.3 is 0 Å². The van der Waals surface area contributed by atoms with E-state index in [2.05, 4.69) is 365 Å². The van der Waals surface area contributed by atoms with E-state index in [1.807, 2.05) is 0 Å².